The number of ether oxygens (including phenoxy) is 1. The second kappa shape index (κ2) is 8.33. The Morgan fingerprint density at radius 2 is 2.09 bits per heavy atom. The summed E-state index contributed by atoms with van der Waals surface area (Å²) in [6.07, 6.45) is 0.564. The quantitative estimate of drug-likeness (QED) is 0.340. The van der Waals surface area contributed by atoms with Crippen molar-refractivity contribution in [2.24, 2.45) is 0 Å². The van der Waals surface area contributed by atoms with Crippen LogP contribution in [0, 0.1) is 0 Å². The van der Waals surface area contributed by atoms with Crippen LogP contribution in [0.3, 0.4) is 0 Å². The fraction of sp³-hybridized carbons (Fsp3) is 0.562. The van der Waals surface area contributed by atoms with Crippen molar-refractivity contribution in [3.63, 3.8) is 0 Å². The standard InChI is InChI=1S/C16H27BN2O4/c1-16(2,3)23-15(21)9-13(19-17(4)22)8-12-7-11(10-20)5-6-14(12)18/h5-7,13,19-20,22H,8-10,18H2,1-4H3/t13-/m0/s1. The minimum Gasteiger partial charge on any atom is -0.460 e. The lowest BCUT2D eigenvalue weighted by atomic mass is 9.85. The molecule has 23 heavy (non-hydrogen) atoms. The van der Waals surface area contributed by atoms with E-state index in [0.29, 0.717) is 12.1 Å². The Balaban J connectivity index is 2.84. The van der Waals surface area contributed by atoms with Crippen LogP contribution in [0.15, 0.2) is 18.2 Å². The summed E-state index contributed by atoms with van der Waals surface area (Å²) in [5.74, 6) is -0.340. The van der Waals surface area contributed by atoms with Gasteiger partial charge in [0.2, 0.25) is 0 Å². The summed E-state index contributed by atoms with van der Waals surface area (Å²) < 4.78 is 5.33. The third-order valence-corrected chi connectivity index (χ3v) is 3.17. The van der Waals surface area contributed by atoms with E-state index in [1.54, 1.807) is 25.0 Å². The number of nitrogens with two attached hydrogens (primary N) is 1. The van der Waals surface area contributed by atoms with Crippen LogP contribution in [0.5, 0.6) is 0 Å². The highest BCUT2D eigenvalue weighted by Crippen LogP contribution is 2.18. The minimum absolute atomic E-state index is 0.0756. The predicted molar refractivity (Wildman–Crippen MR) is 91.7 cm³/mol. The number of aliphatic hydroxyl groups excluding tert-OH is 1. The average molecular weight is 322 g/mol. The van der Waals surface area contributed by atoms with Crippen molar-refractivity contribution < 1.29 is 19.7 Å². The molecular formula is C16H27BN2O4. The maximum Gasteiger partial charge on any atom is 0.373 e. The monoisotopic (exact) mass is 322 g/mol. The van der Waals surface area contributed by atoms with E-state index in [-0.39, 0.29) is 25.0 Å². The summed E-state index contributed by atoms with van der Waals surface area (Å²) >= 11 is 0. The Hall–Kier alpha value is -1.57. The predicted octanol–water partition coefficient (Wildman–Crippen LogP) is 1.10. The molecular weight excluding hydrogens is 295 g/mol. The molecule has 0 heterocycles. The zero-order valence-corrected chi connectivity index (χ0v) is 14.3. The molecule has 6 nitrogen and oxygen atoms in total. The Morgan fingerprint density at radius 3 is 2.61 bits per heavy atom. The smallest absolute Gasteiger partial charge is 0.373 e. The molecule has 0 fully saturated rings. The van der Waals surface area contributed by atoms with Gasteiger partial charge in [-0.05, 0) is 51.2 Å². The SMILES string of the molecule is CB(O)N[C@H](CC(=O)OC(C)(C)C)Cc1cc(CO)ccc1N. The molecule has 0 aliphatic rings. The lowest BCUT2D eigenvalue weighted by Crippen LogP contribution is -2.43. The first-order valence-corrected chi connectivity index (χ1v) is 7.75. The molecule has 0 unspecified atom stereocenters. The maximum absolute atomic E-state index is 12.0. The summed E-state index contributed by atoms with van der Waals surface area (Å²) in [7, 11) is -0.760. The number of hydrogen-bond acceptors (Lipinski definition) is 6. The van der Waals surface area contributed by atoms with Crippen LogP contribution in [0.25, 0.3) is 0 Å². The average Bonchev–Trinajstić information content (AvgIpc) is 2.38. The molecule has 1 rings (SSSR count). The lowest BCUT2D eigenvalue weighted by Gasteiger charge is -2.24. The zero-order chi connectivity index (χ0) is 17.6. The van der Waals surface area contributed by atoms with Gasteiger partial charge in [0.1, 0.15) is 5.60 Å². The Morgan fingerprint density at radius 1 is 1.43 bits per heavy atom. The van der Waals surface area contributed by atoms with Crippen molar-refractivity contribution in [2.45, 2.75) is 58.7 Å². The topological polar surface area (TPSA) is 105 Å². The molecule has 5 N–H and O–H groups in total. The molecule has 0 saturated carbocycles. The van der Waals surface area contributed by atoms with E-state index in [9.17, 15) is 14.9 Å². The summed E-state index contributed by atoms with van der Waals surface area (Å²) in [5, 5.41) is 21.8. The van der Waals surface area contributed by atoms with Crippen LogP contribution >= 0.6 is 0 Å². The van der Waals surface area contributed by atoms with Crippen molar-refractivity contribution >= 4 is 18.7 Å². The van der Waals surface area contributed by atoms with Crippen molar-refractivity contribution in [2.75, 3.05) is 5.73 Å². The number of carbonyl (C=O) groups is 1. The van der Waals surface area contributed by atoms with E-state index in [1.165, 1.54) is 0 Å². The Labute approximate surface area is 138 Å². The lowest BCUT2D eigenvalue weighted by molar-refractivity contribution is -0.155. The van der Waals surface area contributed by atoms with Crippen LogP contribution in [-0.2, 0) is 22.6 Å². The van der Waals surface area contributed by atoms with Gasteiger partial charge < -0.3 is 25.8 Å². The molecule has 0 aromatic heterocycles. The van der Waals surface area contributed by atoms with Gasteiger partial charge in [-0.3, -0.25) is 4.79 Å². The van der Waals surface area contributed by atoms with Crippen molar-refractivity contribution in [3.05, 3.63) is 29.3 Å². The Bertz CT molecular complexity index is 529. The van der Waals surface area contributed by atoms with E-state index in [1.807, 2.05) is 20.8 Å². The molecule has 0 bridgehead atoms. The summed E-state index contributed by atoms with van der Waals surface area (Å²) in [5.41, 5.74) is 7.57. The minimum atomic E-state index is -0.760. The van der Waals surface area contributed by atoms with Crippen LogP contribution < -0.4 is 11.0 Å². The van der Waals surface area contributed by atoms with Gasteiger partial charge in [0.25, 0.3) is 0 Å². The number of hydrogen-bond donors (Lipinski definition) is 4. The van der Waals surface area contributed by atoms with E-state index >= 15 is 0 Å². The molecule has 128 valence electrons. The Kier molecular flexibility index (Phi) is 7.06. The third-order valence-electron chi connectivity index (χ3n) is 3.17. The van der Waals surface area contributed by atoms with Gasteiger partial charge in [-0.1, -0.05) is 12.1 Å². The van der Waals surface area contributed by atoms with Gasteiger partial charge in [-0.2, -0.15) is 0 Å². The first kappa shape index (κ1) is 19.5. The molecule has 1 aromatic rings. The van der Waals surface area contributed by atoms with Crippen LogP contribution in [-0.4, -0.2) is 34.8 Å². The van der Waals surface area contributed by atoms with Crippen molar-refractivity contribution in [3.8, 4) is 0 Å². The number of rotatable bonds is 7. The van der Waals surface area contributed by atoms with Gasteiger partial charge >= 0.3 is 13.0 Å². The van der Waals surface area contributed by atoms with Gasteiger partial charge in [-0.25, -0.2) is 0 Å². The number of benzene rings is 1. The second-order valence-electron chi connectivity index (χ2n) is 6.73. The van der Waals surface area contributed by atoms with Crippen molar-refractivity contribution in [1.29, 1.82) is 0 Å². The fourth-order valence-corrected chi connectivity index (χ4v) is 2.32. The van der Waals surface area contributed by atoms with Crippen LogP contribution in [0.4, 0.5) is 5.69 Å². The maximum atomic E-state index is 12.0. The summed E-state index contributed by atoms with van der Waals surface area (Å²) in [6.45, 7) is 6.95. The number of anilines is 1. The molecule has 1 aromatic carbocycles. The van der Waals surface area contributed by atoms with Gasteiger partial charge in [0.15, 0.2) is 0 Å². The molecule has 1 atom stereocenters. The van der Waals surface area contributed by atoms with Gasteiger partial charge in [0, 0.05) is 11.7 Å². The van der Waals surface area contributed by atoms with Gasteiger partial charge in [-0.15, -0.1) is 0 Å². The van der Waals surface area contributed by atoms with E-state index in [0.717, 1.165) is 11.1 Å². The highest BCUT2D eigenvalue weighted by molar-refractivity contribution is 6.45. The molecule has 0 spiro atoms. The highest BCUT2D eigenvalue weighted by Gasteiger charge is 2.23. The molecule has 0 amide bonds. The molecule has 7 heteroatoms. The van der Waals surface area contributed by atoms with E-state index in [4.69, 9.17) is 10.5 Å². The molecule has 0 radical (unpaired) electrons. The number of esters is 1. The summed E-state index contributed by atoms with van der Waals surface area (Å²) in [4.78, 5) is 12.0. The van der Waals surface area contributed by atoms with E-state index < -0.39 is 12.7 Å². The number of nitrogen functional groups attached to an aromatic ring is 1. The number of nitrogens with one attached hydrogen (secondary N) is 1. The first-order chi connectivity index (χ1) is 10.6. The highest BCUT2D eigenvalue weighted by atomic mass is 16.6. The normalized spacial score (nSPS) is 12.8. The third kappa shape index (κ3) is 7.50. The number of carbonyl (C=O) groups excluding carboxylic acids is 1. The van der Waals surface area contributed by atoms with Crippen molar-refractivity contribution in [1.82, 2.24) is 5.23 Å². The van der Waals surface area contributed by atoms with Crippen LogP contribution in [0.2, 0.25) is 6.82 Å². The largest absolute Gasteiger partial charge is 0.460 e. The van der Waals surface area contributed by atoms with Gasteiger partial charge in [0.05, 0.1) is 13.0 Å². The zero-order valence-electron chi connectivity index (χ0n) is 14.3. The summed E-state index contributed by atoms with van der Waals surface area (Å²) in [6, 6.07) is 4.97. The molecule has 0 aliphatic heterocycles. The molecule has 0 saturated heterocycles. The van der Waals surface area contributed by atoms with E-state index in [2.05, 4.69) is 5.23 Å². The van der Waals surface area contributed by atoms with Crippen LogP contribution in [0.1, 0.15) is 38.3 Å². The fourth-order valence-electron chi connectivity index (χ4n) is 2.32. The second-order valence-corrected chi connectivity index (χ2v) is 6.73. The molecule has 0 aliphatic carbocycles. The number of aliphatic hydroxyl groups is 1. The first-order valence-electron chi connectivity index (χ1n) is 7.75.